The van der Waals surface area contributed by atoms with Crippen LogP contribution in [0.2, 0.25) is 0 Å². The van der Waals surface area contributed by atoms with E-state index in [0.717, 1.165) is 54.5 Å². The topological polar surface area (TPSA) is 75.7 Å². The highest BCUT2D eigenvalue weighted by molar-refractivity contribution is 6.31. The molecule has 4 amide bonds. The van der Waals surface area contributed by atoms with Crippen molar-refractivity contribution < 1.29 is 19.1 Å². The van der Waals surface area contributed by atoms with Crippen LogP contribution in [0.1, 0.15) is 48.8 Å². The summed E-state index contributed by atoms with van der Waals surface area (Å²) in [7, 11) is 1.60. The van der Waals surface area contributed by atoms with Gasteiger partial charge in [0.1, 0.15) is 11.3 Å². The van der Waals surface area contributed by atoms with Gasteiger partial charge in [-0.2, -0.15) is 0 Å². The molecule has 2 aliphatic rings. The zero-order chi connectivity index (χ0) is 18.8. The minimum atomic E-state index is -0.639. The number of nitrogens with one attached hydrogen (secondary N) is 1. The Morgan fingerprint density at radius 2 is 1.77 bits per heavy atom. The van der Waals surface area contributed by atoms with Crippen LogP contribution in [-0.2, 0) is 9.59 Å². The zero-order valence-corrected chi connectivity index (χ0v) is 15.4. The molecule has 1 aromatic carbocycles. The first-order chi connectivity index (χ1) is 12.4. The van der Waals surface area contributed by atoms with E-state index < -0.39 is 17.8 Å². The van der Waals surface area contributed by atoms with Crippen molar-refractivity contribution in [1.82, 2.24) is 10.2 Å². The maximum absolute atomic E-state index is 12.9. The minimum absolute atomic E-state index is 0.00263. The van der Waals surface area contributed by atoms with Crippen molar-refractivity contribution in [2.24, 2.45) is 0 Å². The van der Waals surface area contributed by atoms with Crippen molar-refractivity contribution in [1.29, 1.82) is 0 Å². The summed E-state index contributed by atoms with van der Waals surface area (Å²) in [5, 5.41) is 2.32. The van der Waals surface area contributed by atoms with E-state index in [1.807, 2.05) is 26.0 Å². The lowest BCUT2D eigenvalue weighted by Gasteiger charge is -2.35. The number of ether oxygens (including phenoxy) is 1. The summed E-state index contributed by atoms with van der Waals surface area (Å²) in [6, 6.07) is 3.01. The van der Waals surface area contributed by atoms with Crippen LogP contribution in [0.5, 0.6) is 5.75 Å². The average Bonchev–Trinajstić information content (AvgIpc) is 2.61. The van der Waals surface area contributed by atoms with Gasteiger partial charge in [-0.25, -0.2) is 4.79 Å². The number of carbonyl (C=O) groups is 3. The molecule has 1 aliphatic heterocycles. The fourth-order valence-electron chi connectivity index (χ4n) is 3.68. The molecular weight excluding hydrogens is 332 g/mol. The van der Waals surface area contributed by atoms with Crippen molar-refractivity contribution in [3.63, 3.8) is 0 Å². The van der Waals surface area contributed by atoms with Crippen molar-refractivity contribution in [3.8, 4) is 5.75 Å². The van der Waals surface area contributed by atoms with E-state index in [-0.39, 0.29) is 11.6 Å². The molecule has 1 saturated carbocycles. The Kier molecular flexibility index (Phi) is 5.11. The van der Waals surface area contributed by atoms with Crippen LogP contribution < -0.4 is 10.1 Å². The van der Waals surface area contributed by atoms with E-state index in [1.54, 1.807) is 13.2 Å². The van der Waals surface area contributed by atoms with Gasteiger partial charge in [-0.15, -0.1) is 0 Å². The lowest BCUT2D eigenvalue weighted by atomic mass is 9.93. The number of imide groups is 2. The van der Waals surface area contributed by atoms with Crippen LogP contribution in [-0.4, -0.2) is 35.9 Å². The molecule has 2 fully saturated rings. The molecule has 1 N–H and O–H groups in total. The summed E-state index contributed by atoms with van der Waals surface area (Å²) in [6.45, 7) is 3.80. The Hall–Kier alpha value is -2.63. The van der Waals surface area contributed by atoms with Gasteiger partial charge < -0.3 is 4.74 Å². The Labute approximate surface area is 153 Å². The molecule has 0 atom stereocenters. The number of hydrogen-bond donors (Lipinski definition) is 1. The van der Waals surface area contributed by atoms with E-state index in [0.29, 0.717) is 0 Å². The molecule has 1 aromatic rings. The summed E-state index contributed by atoms with van der Waals surface area (Å²) in [6.07, 6.45) is 6.26. The largest absolute Gasteiger partial charge is 0.496 e. The summed E-state index contributed by atoms with van der Waals surface area (Å²) in [5.74, 6) is -0.387. The molecule has 1 heterocycles. The van der Waals surface area contributed by atoms with Gasteiger partial charge in [-0.3, -0.25) is 19.8 Å². The van der Waals surface area contributed by atoms with Gasteiger partial charge in [0, 0.05) is 6.04 Å². The van der Waals surface area contributed by atoms with E-state index >= 15 is 0 Å². The van der Waals surface area contributed by atoms with Crippen molar-refractivity contribution in [2.75, 3.05) is 7.11 Å². The Bertz CT molecular complexity index is 791. The minimum Gasteiger partial charge on any atom is -0.496 e. The van der Waals surface area contributed by atoms with Gasteiger partial charge in [0.2, 0.25) is 0 Å². The first-order valence-electron chi connectivity index (χ1n) is 8.98. The number of rotatable bonds is 3. The second-order valence-electron chi connectivity index (χ2n) is 6.96. The van der Waals surface area contributed by atoms with Crippen LogP contribution >= 0.6 is 0 Å². The zero-order valence-electron chi connectivity index (χ0n) is 15.4. The second kappa shape index (κ2) is 7.32. The Morgan fingerprint density at radius 3 is 2.42 bits per heavy atom. The fraction of sp³-hybridized carbons (Fsp3) is 0.450. The van der Waals surface area contributed by atoms with Crippen LogP contribution in [0.3, 0.4) is 0 Å². The highest BCUT2D eigenvalue weighted by Gasteiger charge is 2.40. The number of aryl methyl sites for hydroxylation is 2. The van der Waals surface area contributed by atoms with E-state index in [4.69, 9.17) is 4.74 Å². The third-order valence-corrected chi connectivity index (χ3v) is 5.16. The first-order valence-corrected chi connectivity index (χ1v) is 8.98. The van der Waals surface area contributed by atoms with E-state index in [1.165, 1.54) is 4.90 Å². The molecule has 3 rings (SSSR count). The number of carbonyl (C=O) groups excluding carboxylic acids is 3. The maximum Gasteiger partial charge on any atom is 0.331 e. The quantitative estimate of drug-likeness (QED) is 0.667. The van der Waals surface area contributed by atoms with Gasteiger partial charge in [-0.1, -0.05) is 19.3 Å². The molecule has 6 heteroatoms. The number of urea groups is 1. The van der Waals surface area contributed by atoms with Crippen molar-refractivity contribution >= 4 is 23.9 Å². The second-order valence-corrected chi connectivity index (χ2v) is 6.96. The van der Waals surface area contributed by atoms with Crippen LogP contribution in [0, 0.1) is 13.8 Å². The molecular formula is C20H24N2O4. The first kappa shape index (κ1) is 18.2. The molecule has 0 unspecified atom stereocenters. The highest BCUT2D eigenvalue weighted by atomic mass is 16.5. The summed E-state index contributed by atoms with van der Waals surface area (Å²) in [5.41, 5.74) is 2.57. The Balaban J connectivity index is 1.96. The van der Waals surface area contributed by atoms with Gasteiger partial charge in [0.15, 0.2) is 0 Å². The normalized spacial score (nSPS) is 20.5. The molecule has 1 saturated heterocycles. The summed E-state index contributed by atoms with van der Waals surface area (Å²) >= 11 is 0. The van der Waals surface area contributed by atoms with Crippen LogP contribution in [0.15, 0.2) is 17.7 Å². The predicted octanol–water partition coefficient (Wildman–Crippen LogP) is 3.11. The molecule has 0 radical (unpaired) electrons. The molecule has 138 valence electrons. The smallest absolute Gasteiger partial charge is 0.331 e. The van der Waals surface area contributed by atoms with Crippen LogP contribution in [0.25, 0.3) is 6.08 Å². The number of methoxy groups -OCH3 is 1. The lowest BCUT2D eigenvalue weighted by Crippen LogP contribution is -2.58. The third-order valence-electron chi connectivity index (χ3n) is 5.16. The van der Waals surface area contributed by atoms with Gasteiger partial charge in [0.25, 0.3) is 11.8 Å². The summed E-state index contributed by atoms with van der Waals surface area (Å²) in [4.78, 5) is 38.7. The number of nitrogens with zero attached hydrogens (tertiary/aromatic N) is 1. The number of barbiturate groups is 1. The van der Waals surface area contributed by atoms with Gasteiger partial charge in [0.05, 0.1) is 7.11 Å². The Morgan fingerprint density at radius 1 is 1.08 bits per heavy atom. The number of hydrogen-bond acceptors (Lipinski definition) is 4. The molecule has 0 aromatic heterocycles. The predicted molar refractivity (Wildman–Crippen MR) is 97.7 cm³/mol. The van der Waals surface area contributed by atoms with Gasteiger partial charge in [-0.05, 0) is 61.6 Å². The SMILES string of the molecule is COc1cc(C)c(/C=C2/C(=O)NC(=O)N(C3CCCCC3)C2=O)cc1C. The monoisotopic (exact) mass is 356 g/mol. The van der Waals surface area contributed by atoms with Gasteiger partial charge >= 0.3 is 6.03 Å². The summed E-state index contributed by atoms with van der Waals surface area (Å²) < 4.78 is 5.30. The average molecular weight is 356 g/mol. The van der Waals surface area contributed by atoms with Crippen molar-refractivity contribution in [3.05, 3.63) is 34.4 Å². The molecule has 6 nitrogen and oxygen atoms in total. The molecule has 0 bridgehead atoms. The number of amides is 4. The fourth-order valence-corrected chi connectivity index (χ4v) is 3.68. The van der Waals surface area contributed by atoms with E-state index in [9.17, 15) is 14.4 Å². The standard InChI is InChI=1S/C20H24N2O4/c1-12-10-17(26-3)13(2)9-14(12)11-16-18(23)21-20(25)22(19(16)24)15-7-5-4-6-8-15/h9-11,15H,4-8H2,1-3H3,(H,21,23,25)/b16-11-. The molecule has 1 aliphatic carbocycles. The van der Waals surface area contributed by atoms with E-state index in [2.05, 4.69) is 5.32 Å². The maximum atomic E-state index is 12.9. The highest BCUT2D eigenvalue weighted by Crippen LogP contribution is 2.28. The van der Waals surface area contributed by atoms with Crippen LogP contribution in [0.4, 0.5) is 4.79 Å². The third kappa shape index (κ3) is 3.36. The number of benzene rings is 1. The van der Waals surface area contributed by atoms with Crippen molar-refractivity contribution in [2.45, 2.75) is 52.0 Å². The lowest BCUT2D eigenvalue weighted by molar-refractivity contribution is -0.132. The molecule has 0 spiro atoms. The molecule has 26 heavy (non-hydrogen) atoms.